The van der Waals surface area contributed by atoms with Gasteiger partial charge in [0.05, 0.1) is 16.7 Å². The molecule has 0 saturated carbocycles. The van der Waals surface area contributed by atoms with Crippen molar-refractivity contribution in [1.29, 1.82) is 0 Å². The van der Waals surface area contributed by atoms with E-state index in [1.54, 1.807) is 6.20 Å². The Morgan fingerprint density at radius 1 is 1.65 bits per heavy atom. The van der Waals surface area contributed by atoms with Crippen LogP contribution in [0.1, 0.15) is 43.1 Å². The van der Waals surface area contributed by atoms with Crippen LogP contribution in [0.25, 0.3) is 0 Å². The second-order valence-electron chi connectivity index (χ2n) is 4.43. The fourth-order valence-electron chi connectivity index (χ4n) is 2.23. The largest absolute Gasteiger partial charge is 0.307 e. The van der Waals surface area contributed by atoms with Gasteiger partial charge in [-0.05, 0) is 41.7 Å². The van der Waals surface area contributed by atoms with Gasteiger partial charge in [0.2, 0.25) is 0 Å². The van der Waals surface area contributed by atoms with Gasteiger partial charge in [-0.1, -0.05) is 13.3 Å². The number of hydrogen-bond acceptors (Lipinski definition) is 3. The van der Waals surface area contributed by atoms with E-state index in [-0.39, 0.29) is 11.8 Å². The molecule has 0 spiro atoms. The van der Waals surface area contributed by atoms with E-state index >= 15 is 0 Å². The van der Waals surface area contributed by atoms with Gasteiger partial charge in [0.25, 0.3) is 0 Å². The number of Topliss-reactive ketones (excluding diaryl/α,β-unsaturated/α-hetero) is 1. The highest BCUT2D eigenvalue weighted by molar-refractivity contribution is 9.10. The van der Waals surface area contributed by atoms with Gasteiger partial charge < -0.3 is 5.32 Å². The Hall–Kier alpha value is -0.680. The van der Waals surface area contributed by atoms with E-state index in [1.807, 2.05) is 4.68 Å². The number of aromatic nitrogens is 2. The molecule has 0 radical (unpaired) electrons. The van der Waals surface area contributed by atoms with E-state index in [0.717, 1.165) is 36.8 Å². The van der Waals surface area contributed by atoms with Crippen LogP contribution in [0.15, 0.2) is 10.7 Å². The Balaban J connectivity index is 2.19. The number of carbonyl (C=O) groups is 1. The highest BCUT2D eigenvalue weighted by Gasteiger charge is 2.26. The molecule has 1 fully saturated rings. The number of hydrogen-bond donors (Lipinski definition) is 1. The number of carbonyl (C=O) groups excluding carboxylic acids is 1. The summed E-state index contributed by atoms with van der Waals surface area (Å²) in [5.74, 6) is 0.169. The molecule has 5 heteroatoms. The number of halogens is 1. The first kappa shape index (κ1) is 12.8. The van der Waals surface area contributed by atoms with Crippen LogP contribution in [-0.4, -0.2) is 28.2 Å². The van der Waals surface area contributed by atoms with Gasteiger partial charge in [-0.3, -0.25) is 9.48 Å². The summed E-state index contributed by atoms with van der Waals surface area (Å²) in [6, 6.07) is -0.0349. The first-order valence-electron chi connectivity index (χ1n) is 6.23. The molecular formula is C12H18BrN3O. The number of ketones is 1. The van der Waals surface area contributed by atoms with Crippen molar-refractivity contribution in [3.05, 3.63) is 16.4 Å². The number of piperidine rings is 1. The highest BCUT2D eigenvalue weighted by Crippen LogP contribution is 2.21. The lowest BCUT2D eigenvalue weighted by Crippen LogP contribution is -2.41. The molecule has 1 N–H and O–H groups in total. The molecule has 1 atom stereocenters. The molecule has 0 amide bonds. The van der Waals surface area contributed by atoms with E-state index in [9.17, 15) is 4.79 Å². The normalized spacial score (nSPS) is 20.5. The maximum atomic E-state index is 12.4. The molecule has 0 aromatic carbocycles. The minimum absolute atomic E-state index is 0.0349. The lowest BCUT2D eigenvalue weighted by Gasteiger charge is -2.22. The Morgan fingerprint density at radius 2 is 2.47 bits per heavy atom. The molecule has 1 aliphatic rings. The molecule has 1 aliphatic heterocycles. The van der Waals surface area contributed by atoms with Gasteiger partial charge in [-0.25, -0.2) is 0 Å². The molecule has 0 bridgehead atoms. The van der Waals surface area contributed by atoms with Crippen LogP contribution in [-0.2, 0) is 6.54 Å². The van der Waals surface area contributed by atoms with Gasteiger partial charge in [0.15, 0.2) is 5.78 Å². The van der Waals surface area contributed by atoms with Crippen molar-refractivity contribution in [2.24, 2.45) is 0 Å². The molecule has 2 rings (SSSR count). The summed E-state index contributed by atoms with van der Waals surface area (Å²) >= 11 is 3.42. The molecule has 1 aromatic heterocycles. The Bertz CT molecular complexity index is 396. The van der Waals surface area contributed by atoms with Crippen LogP contribution < -0.4 is 5.32 Å². The van der Waals surface area contributed by atoms with Crippen molar-refractivity contribution in [2.75, 3.05) is 6.54 Å². The molecule has 17 heavy (non-hydrogen) atoms. The lowest BCUT2D eigenvalue weighted by molar-refractivity contribution is 0.0915. The Labute approximate surface area is 110 Å². The molecule has 1 aromatic rings. The predicted molar refractivity (Wildman–Crippen MR) is 70.2 cm³/mol. The average molecular weight is 300 g/mol. The van der Waals surface area contributed by atoms with Gasteiger partial charge in [0.1, 0.15) is 5.69 Å². The molecular weight excluding hydrogens is 282 g/mol. The Morgan fingerprint density at radius 3 is 3.12 bits per heavy atom. The van der Waals surface area contributed by atoms with E-state index in [4.69, 9.17) is 0 Å². The maximum absolute atomic E-state index is 12.4. The summed E-state index contributed by atoms with van der Waals surface area (Å²) in [4.78, 5) is 12.4. The number of rotatable bonds is 4. The SMILES string of the molecule is CCCn1ncc(Br)c1C(=O)C1CCCCN1. The standard InChI is InChI=1S/C12H18BrN3O/c1-2-7-16-11(9(13)8-15-16)12(17)10-5-3-4-6-14-10/h8,10,14H,2-7H2,1H3. The van der Waals surface area contributed by atoms with E-state index in [1.165, 1.54) is 6.42 Å². The fraction of sp³-hybridized carbons (Fsp3) is 0.667. The third kappa shape index (κ3) is 2.77. The van der Waals surface area contributed by atoms with Gasteiger partial charge in [-0.2, -0.15) is 5.10 Å². The average Bonchev–Trinajstić information content (AvgIpc) is 2.71. The lowest BCUT2D eigenvalue weighted by atomic mass is 9.99. The zero-order valence-corrected chi connectivity index (χ0v) is 11.7. The first-order chi connectivity index (χ1) is 8.24. The van der Waals surface area contributed by atoms with Crippen molar-refractivity contribution in [2.45, 2.75) is 45.2 Å². The van der Waals surface area contributed by atoms with Crippen LogP contribution in [0.5, 0.6) is 0 Å². The van der Waals surface area contributed by atoms with Crippen LogP contribution in [0.2, 0.25) is 0 Å². The minimum atomic E-state index is -0.0349. The summed E-state index contributed by atoms with van der Waals surface area (Å²) in [6.07, 6.45) is 5.92. The summed E-state index contributed by atoms with van der Waals surface area (Å²) in [6.45, 7) is 3.82. The Kier molecular flexibility index (Phi) is 4.34. The van der Waals surface area contributed by atoms with Crippen molar-refractivity contribution in [3.63, 3.8) is 0 Å². The quantitative estimate of drug-likeness (QED) is 0.869. The van der Waals surface area contributed by atoms with Crippen molar-refractivity contribution < 1.29 is 4.79 Å². The summed E-state index contributed by atoms with van der Waals surface area (Å²) in [5.41, 5.74) is 0.714. The smallest absolute Gasteiger partial charge is 0.198 e. The highest BCUT2D eigenvalue weighted by atomic mass is 79.9. The number of nitrogens with zero attached hydrogens (tertiary/aromatic N) is 2. The minimum Gasteiger partial charge on any atom is -0.307 e. The van der Waals surface area contributed by atoms with Crippen LogP contribution in [0, 0.1) is 0 Å². The molecule has 0 aliphatic carbocycles. The second-order valence-corrected chi connectivity index (χ2v) is 5.29. The molecule has 2 heterocycles. The maximum Gasteiger partial charge on any atom is 0.198 e. The molecule has 1 unspecified atom stereocenters. The van der Waals surface area contributed by atoms with Gasteiger partial charge in [-0.15, -0.1) is 0 Å². The second kappa shape index (κ2) is 5.78. The topological polar surface area (TPSA) is 46.9 Å². The van der Waals surface area contributed by atoms with Crippen molar-refractivity contribution in [3.8, 4) is 0 Å². The van der Waals surface area contributed by atoms with Gasteiger partial charge in [0, 0.05) is 6.54 Å². The first-order valence-corrected chi connectivity index (χ1v) is 7.02. The fourth-order valence-corrected chi connectivity index (χ4v) is 2.72. The molecule has 1 saturated heterocycles. The zero-order valence-electron chi connectivity index (χ0n) is 10.1. The summed E-state index contributed by atoms with van der Waals surface area (Å²) in [5, 5.41) is 7.53. The van der Waals surface area contributed by atoms with Gasteiger partial charge >= 0.3 is 0 Å². The molecule has 94 valence electrons. The summed E-state index contributed by atoms with van der Waals surface area (Å²) < 4.78 is 2.62. The van der Waals surface area contributed by atoms with Crippen LogP contribution in [0.3, 0.4) is 0 Å². The predicted octanol–water partition coefficient (Wildman–Crippen LogP) is 2.38. The van der Waals surface area contributed by atoms with E-state index in [2.05, 4.69) is 33.3 Å². The van der Waals surface area contributed by atoms with Crippen LogP contribution in [0.4, 0.5) is 0 Å². The summed E-state index contributed by atoms with van der Waals surface area (Å²) in [7, 11) is 0. The van der Waals surface area contributed by atoms with Crippen LogP contribution >= 0.6 is 15.9 Å². The molecule has 4 nitrogen and oxygen atoms in total. The number of aryl methyl sites for hydroxylation is 1. The van der Waals surface area contributed by atoms with E-state index < -0.39 is 0 Å². The monoisotopic (exact) mass is 299 g/mol. The third-order valence-electron chi connectivity index (χ3n) is 3.09. The van der Waals surface area contributed by atoms with E-state index in [0.29, 0.717) is 5.69 Å². The third-order valence-corrected chi connectivity index (χ3v) is 3.67. The van der Waals surface area contributed by atoms with Crippen molar-refractivity contribution in [1.82, 2.24) is 15.1 Å². The zero-order chi connectivity index (χ0) is 12.3. The number of nitrogens with one attached hydrogen (secondary N) is 1. The van der Waals surface area contributed by atoms with Crippen molar-refractivity contribution >= 4 is 21.7 Å².